The van der Waals surface area contributed by atoms with Crippen molar-refractivity contribution in [3.8, 4) is 0 Å². The molecule has 0 bridgehead atoms. The standard InChI is InChI=1S/C21H25NO5S/c1-3-15(2)22(17-11-12-28(25,26)14-17)20(23)13-27-21(24)19-10-6-8-16-7-4-5-9-18(16)19/h4-10,15,17H,3,11-14H2,1-2H3/t15-,17-/m1/s1. The molecule has 3 rings (SSSR count). The summed E-state index contributed by atoms with van der Waals surface area (Å²) in [4.78, 5) is 26.9. The van der Waals surface area contributed by atoms with Gasteiger partial charge in [0.2, 0.25) is 0 Å². The van der Waals surface area contributed by atoms with Gasteiger partial charge in [0.25, 0.3) is 5.91 Å². The number of carbonyl (C=O) groups excluding carboxylic acids is 2. The number of nitrogens with zero attached hydrogens (tertiary/aromatic N) is 1. The van der Waals surface area contributed by atoms with E-state index in [0.717, 1.165) is 10.8 Å². The number of esters is 1. The second kappa shape index (κ2) is 8.31. The first-order valence-electron chi connectivity index (χ1n) is 9.49. The lowest BCUT2D eigenvalue weighted by Gasteiger charge is -2.33. The Kier molecular flexibility index (Phi) is 6.03. The van der Waals surface area contributed by atoms with Gasteiger partial charge in [0.1, 0.15) is 0 Å². The number of carbonyl (C=O) groups is 2. The topological polar surface area (TPSA) is 80.8 Å². The Balaban J connectivity index is 1.72. The van der Waals surface area contributed by atoms with E-state index in [0.29, 0.717) is 18.4 Å². The Morgan fingerprint density at radius 2 is 1.89 bits per heavy atom. The van der Waals surface area contributed by atoms with Gasteiger partial charge in [-0.3, -0.25) is 4.79 Å². The first kappa shape index (κ1) is 20.3. The summed E-state index contributed by atoms with van der Waals surface area (Å²) in [5, 5.41) is 1.68. The van der Waals surface area contributed by atoms with E-state index in [4.69, 9.17) is 4.74 Å². The van der Waals surface area contributed by atoms with Crippen molar-refractivity contribution < 1.29 is 22.7 Å². The number of amides is 1. The minimum atomic E-state index is -3.12. The molecule has 150 valence electrons. The van der Waals surface area contributed by atoms with Gasteiger partial charge in [-0.1, -0.05) is 43.3 Å². The largest absolute Gasteiger partial charge is 0.452 e. The molecule has 1 fully saturated rings. The average Bonchev–Trinajstić information content (AvgIpc) is 3.04. The molecule has 1 heterocycles. The van der Waals surface area contributed by atoms with Crippen molar-refractivity contribution in [2.45, 2.75) is 38.8 Å². The predicted molar refractivity (Wildman–Crippen MR) is 108 cm³/mol. The highest BCUT2D eigenvalue weighted by Gasteiger charge is 2.36. The molecule has 2 aromatic rings. The molecule has 0 unspecified atom stereocenters. The van der Waals surface area contributed by atoms with Crippen LogP contribution in [0.5, 0.6) is 0 Å². The van der Waals surface area contributed by atoms with E-state index >= 15 is 0 Å². The Morgan fingerprint density at radius 1 is 1.18 bits per heavy atom. The fourth-order valence-corrected chi connectivity index (χ4v) is 5.40. The lowest BCUT2D eigenvalue weighted by molar-refractivity contribution is -0.138. The molecular formula is C21H25NO5S. The summed E-state index contributed by atoms with van der Waals surface area (Å²) in [6, 6.07) is 12.3. The highest BCUT2D eigenvalue weighted by molar-refractivity contribution is 7.91. The number of hydrogen-bond acceptors (Lipinski definition) is 5. The highest BCUT2D eigenvalue weighted by Crippen LogP contribution is 2.22. The number of rotatable bonds is 6. The van der Waals surface area contributed by atoms with E-state index < -0.39 is 22.4 Å². The van der Waals surface area contributed by atoms with Gasteiger partial charge >= 0.3 is 5.97 Å². The quantitative estimate of drug-likeness (QED) is 0.693. The lowest BCUT2D eigenvalue weighted by atomic mass is 10.0. The molecule has 0 saturated carbocycles. The molecule has 6 nitrogen and oxygen atoms in total. The number of hydrogen-bond donors (Lipinski definition) is 0. The number of fused-ring (bicyclic) bond motifs is 1. The molecule has 1 amide bonds. The predicted octanol–water partition coefficient (Wildman–Crippen LogP) is 2.81. The Morgan fingerprint density at radius 3 is 2.57 bits per heavy atom. The second-order valence-electron chi connectivity index (χ2n) is 7.22. The lowest BCUT2D eigenvalue weighted by Crippen LogP contribution is -2.48. The van der Waals surface area contributed by atoms with Gasteiger partial charge in [-0.2, -0.15) is 0 Å². The fourth-order valence-electron chi connectivity index (χ4n) is 3.68. The molecule has 1 aliphatic rings. The van der Waals surface area contributed by atoms with Crippen LogP contribution in [0.1, 0.15) is 37.0 Å². The van der Waals surface area contributed by atoms with E-state index in [1.807, 2.05) is 44.2 Å². The Labute approximate surface area is 165 Å². The minimum Gasteiger partial charge on any atom is -0.452 e. The monoisotopic (exact) mass is 403 g/mol. The molecule has 0 radical (unpaired) electrons. The van der Waals surface area contributed by atoms with Crippen LogP contribution in [0, 0.1) is 0 Å². The molecule has 2 atom stereocenters. The molecule has 0 aromatic heterocycles. The fraction of sp³-hybridized carbons (Fsp3) is 0.429. The first-order valence-corrected chi connectivity index (χ1v) is 11.3. The van der Waals surface area contributed by atoms with Crippen LogP contribution >= 0.6 is 0 Å². The third kappa shape index (κ3) is 4.35. The number of benzene rings is 2. The van der Waals surface area contributed by atoms with Gasteiger partial charge in [0.05, 0.1) is 17.1 Å². The second-order valence-corrected chi connectivity index (χ2v) is 9.45. The molecule has 1 aliphatic heterocycles. The zero-order chi connectivity index (χ0) is 20.3. The first-order chi connectivity index (χ1) is 13.3. The van der Waals surface area contributed by atoms with Crippen molar-refractivity contribution in [2.24, 2.45) is 0 Å². The molecule has 1 saturated heterocycles. The van der Waals surface area contributed by atoms with Crippen LogP contribution in [0.3, 0.4) is 0 Å². The maximum Gasteiger partial charge on any atom is 0.339 e. The maximum atomic E-state index is 12.8. The van der Waals surface area contributed by atoms with Gasteiger partial charge in [0.15, 0.2) is 16.4 Å². The van der Waals surface area contributed by atoms with Crippen LogP contribution in [0.25, 0.3) is 10.8 Å². The molecule has 28 heavy (non-hydrogen) atoms. The van der Waals surface area contributed by atoms with Gasteiger partial charge < -0.3 is 9.64 Å². The minimum absolute atomic E-state index is 0.0274. The van der Waals surface area contributed by atoms with E-state index in [-0.39, 0.29) is 29.5 Å². The van der Waals surface area contributed by atoms with Gasteiger partial charge in [-0.25, -0.2) is 13.2 Å². The van der Waals surface area contributed by atoms with Crippen molar-refractivity contribution in [1.82, 2.24) is 4.90 Å². The highest BCUT2D eigenvalue weighted by atomic mass is 32.2. The smallest absolute Gasteiger partial charge is 0.339 e. The van der Waals surface area contributed by atoms with Crippen molar-refractivity contribution in [2.75, 3.05) is 18.1 Å². The van der Waals surface area contributed by atoms with Gasteiger partial charge in [-0.15, -0.1) is 0 Å². The van der Waals surface area contributed by atoms with E-state index in [9.17, 15) is 18.0 Å². The SMILES string of the molecule is CC[C@@H](C)N(C(=O)COC(=O)c1cccc2ccccc12)[C@@H]1CCS(=O)(=O)C1. The zero-order valence-corrected chi connectivity index (χ0v) is 16.9. The van der Waals surface area contributed by atoms with E-state index in [1.165, 1.54) is 0 Å². The van der Waals surface area contributed by atoms with E-state index in [2.05, 4.69) is 0 Å². The van der Waals surface area contributed by atoms with Crippen LogP contribution in [-0.2, 0) is 19.4 Å². The van der Waals surface area contributed by atoms with Crippen LogP contribution in [0.4, 0.5) is 0 Å². The number of ether oxygens (including phenoxy) is 1. The van der Waals surface area contributed by atoms with E-state index in [1.54, 1.807) is 17.0 Å². The van der Waals surface area contributed by atoms with Crippen LogP contribution in [0.2, 0.25) is 0 Å². The third-order valence-corrected chi connectivity index (χ3v) is 7.04. The van der Waals surface area contributed by atoms with Crippen LogP contribution in [-0.4, -0.2) is 55.4 Å². The zero-order valence-electron chi connectivity index (χ0n) is 16.1. The van der Waals surface area contributed by atoms with Crippen molar-refractivity contribution in [3.63, 3.8) is 0 Å². The van der Waals surface area contributed by atoms with Gasteiger partial charge in [0, 0.05) is 12.1 Å². The van der Waals surface area contributed by atoms with Crippen molar-refractivity contribution in [1.29, 1.82) is 0 Å². The maximum absolute atomic E-state index is 12.8. The van der Waals surface area contributed by atoms with Crippen LogP contribution in [0.15, 0.2) is 42.5 Å². The summed E-state index contributed by atoms with van der Waals surface area (Å²) in [5.74, 6) is -0.855. The summed E-state index contributed by atoms with van der Waals surface area (Å²) >= 11 is 0. The molecular weight excluding hydrogens is 378 g/mol. The van der Waals surface area contributed by atoms with Crippen molar-refractivity contribution in [3.05, 3.63) is 48.0 Å². The summed E-state index contributed by atoms with van der Waals surface area (Å²) in [7, 11) is -3.12. The number of sulfone groups is 1. The molecule has 0 aliphatic carbocycles. The molecule has 7 heteroatoms. The Bertz CT molecular complexity index is 980. The summed E-state index contributed by atoms with van der Waals surface area (Å²) in [6.45, 7) is 3.43. The van der Waals surface area contributed by atoms with Gasteiger partial charge in [-0.05, 0) is 36.6 Å². The normalized spacial score (nSPS) is 19.3. The van der Waals surface area contributed by atoms with Crippen molar-refractivity contribution >= 4 is 32.5 Å². The van der Waals surface area contributed by atoms with Crippen LogP contribution < -0.4 is 0 Å². The summed E-state index contributed by atoms with van der Waals surface area (Å²) < 4.78 is 29.0. The summed E-state index contributed by atoms with van der Waals surface area (Å²) in [6.07, 6.45) is 1.12. The molecule has 0 spiro atoms. The molecule has 2 aromatic carbocycles. The third-order valence-electron chi connectivity index (χ3n) is 5.29. The average molecular weight is 404 g/mol. The molecule has 0 N–H and O–H groups in total. The summed E-state index contributed by atoms with van der Waals surface area (Å²) in [5.41, 5.74) is 0.407. The Hall–Kier alpha value is -2.41.